The van der Waals surface area contributed by atoms with Crippen LogP contribution in [0.2, 0.25) is 0 Å². The van der Waals surface area contributed by atoms with Crippen molar-refractivity contribution >= 4 is 22.9 Å². The van der Waals surface area contributed by atoms with Crippen LogP contribution in [-0.2, 0) is 0 Å². The van der Waals surface area contributed by atoms with Crippen molar-refractivity contribution in [1.82, 2.24) is 4.98 Å². The first-order chi connectivity index (χ1) is 14.2. The number of hydrazone groups is 1. The molecule has 3 aromatic carbocycles. The molecule has 0 aliphatic heterocycles. The molecule has 0 unspecified atom stereocenters. The number of nitrogens with zero attached hydrogens (tertiary/aromatic N) is 3. The standard InChI is InChI=1S/C25H22N4/c1-28(2)19-14-15-21-20-11-6-7-12-22(20)25(23(21)17-19)27-29(24-13-8-16-26-24)18-9-4-3-5-10-18/h3-17,26H,1-2H3. The van der Waals surface area contributed by atoms with Crippen molar-refractivity contribution in [2.45, 2.75) is 0 Å². The lowest BCUT2D eigenvalue weighted by Gasteiger charge is -2.19. The van der Waals surface area contributed by atoms with E-state index >= 15 is 0 Å². The Balaban J connectivity index is 1.73. The minimum absolute atomic E-state index is 0.929. The number of anilines is 3. The summed E-state index contributed by atoms with van der Waals surface area (Å²) in [5.41, 5.74) is 7.93. The first-order valence-corrected chi connectivity index (χ1v) is 9.71. The molecular formula is C25H22N4. The number of hydrogen-bond donors (Lipinski definition) is 1. The number of rotatable bonds is 4. The number of nitrogens with one attached hydrogen (secondary N) is 1. The number of aromatic amines is 1. The maximum Gasteiger partial charge on any atom is 0.132 e. The predicted molar refractivity (Wildman–Crippen MR) is 121 cm³/mol. The highest BCUT2D eigenvalue weighted by Gasteiger charge is 2.26. The summed E-state index contributed by atoms with van der Waals surface area (Å²) in [5.74, 6) is 0.929. The maximum atomic E-state index is 5.17. The molecule has 0 atom stereocenters. The van der Waals surface area contributed by atoms with Crippen molar-refractivity contribution in [3.8, 4) is 11.1 Å². The third-order valence-electron chi connectivity index (χ3n) is 5.26. The van der Waals surface area contributed by atoms with Crippen LogP contribution in [0.4, 0.5) is 17.2 Å². The Morgan fingerprint density at radius 2 is 1.38 bits per heavy atom. The van der Waals surface area contributed by atoms with Gasteiger partial charge in [-0.05, 0) is 47.5 Å². The Labute approximate surface area is 170 Å². The molecule has 1 aliphatic carbocycles. The van der Waals surface area contributed by atoms with Gasteiger partial charge in [-0.1, -0.05) is 48.5 Å². The molecule has 1 aromatic heterocycles. The lowest BCUT2D eigenvalue weighted by molar-refractivity contribution is 1.05. The van der Waals surface area contributed by atoms with Crippen LogP contribution in [0.1, 0.15) is 11.1 Å². The van der Waals surface area contributed by atoms with Gasteiger partial charge >= 0.3 is 0 Å². The summed E-state index contributed by atoms with van der Waals surface area (Å²) in [6.45, 7) is 0. The Morgan fingerprint density at radius 3 is 2.10 bits per heavy atom. The van der Waals surface area contributed by atoms with E-state index in [1.165, 1.54) is 11.1 Å². The molecule has 0 amide bonds. The second-order valence-electron chi connectivity index (χ2n) is 7.32. The van der Waals surface area contributed by atoms with Crippen LogP contribution in [0.3, 0.4) is 0 Å². The largest absolute Gasteiger partial charge is 0.378 e. The Morgan fingerprint density at radius 1 is 0.655 bits per heavy atom. The van der Waals surface area contributed by atoms with Gasteiger partial charge in [0.1, 0.15) is 5.82 Å². The number of fused-ring (bicyclic) bond motifs is 3. The molecule has 4 nitrogen and oxygen atoms in total. The fourth-order valence-corrected chi connectivity index (χ4v) is 3.79. The minimum atomic E-state index is 0.929. The van der Waals surface area contributed by atoms with Crippen LogP contribution >= 0.6 is 0 Å². The van der Waals surface area contributed by atoms with E-state index in [1.807, 2.05) is 41.5 Å². The Bertz CT molecular complexity index is 1170. The van der Waals surface area contributed by atoms with E-state index in [9.17, 15) is 0 Å². The van der Waals surface area contributed by atoms with Crippen molar-refractivity contribution in [3.63, 3.8) is 0 Å². The maximum absolute atomic E-state index is 5.17. The summed E-state index contributed by atoms with van der Waals surface area (Å²) < 4.78 is 0. The average Bonchev–Trinajstić information content (AvgIpc) is 3.39. The van der Waals surface area contributed by atoms with Crippen molar-refractivity contribution < 1.29 is 0 Å². The van der Waals surface area contributed by atoms with E-state index in [-0.39, 0.29) is 0 Å². The quantitative estimate of drug-likeness (QED) is 0.410. The molecule has 1 N–H and O–H groups in total. The van der Waals surface area contributed by atoms with Crippen molar-refractivity contribution in [1.29, 1.82) is 0 Å². The van der Waals surface area contributed by atoms with Crippen LogP contribution in [-0.4, -0.2) is 24.8 Å². The highest BCUT2D eigenvalue weighted by atomic mass is 15.5. The van der Waals surface area contributed by atoms with E-state index in [0.29, 0.717) is 0 Å². The van der Waals surface area contributed by atoms with Crippen LogP contribution in [0.15, 0.2) is 96.2 Å². The summed E-state index contributed by atoms with van der Waals surface area (Å²) in [5, 5.41) is 7.15. The lowest BCUT2D eigenvalue weighted by atomic mass is 10.1. The van der Waals surface area contributed by atoms with Gasteiger partial charge in [-0.25, -0.2) is 5.01 Å². The zero-order valence-electron chi connectivity index (χ0n) is 16.5. The van der Waals surface area contributed by atoms with E-state index in [2.05, 4.69) is 78.6 Å². The number of H-pyrrole nitrogens is 1. The molecule has 1 heterocycles. The van der Waals surface area contributed by atoms with Gasteiger partial charge in [0.05, 0.1) is 11.4 Å². The molecule has 29 heavy (non-hydrogen) atoms. The normalized spacial score (nSPS) is 13.2. The fourth-order valence-electron chi connectivity index (χ4n) is 3.79. The van der Waals surface area contributed by atoms with Gasteiger partial charge in [0.15, 0.2) is 0 Å². The zero-order chi connectivity index (χ0) is 19.8. The summed E-state index contributed by atoms with van der Waals surface area (Å²) in [7, 11) is 4.13. The van der Waals surface area contributed by atoms with Gasteiger partial charge in [-0.3, -0.25) is 0 Å². The molecule has 142 valence electrons. The van der Waals surface area contributed by atoms with E-state index in [1.54, 1.807) is 0 Å². The van der Waals surface area contributed by atoms with Gasteiger partial charge in [0, 0.05) is 37.1 Å². The molecule has 4 aromatic rings. The average molecular weight is 378 g/mol. The van der Waals surface area contributed by atoms with E-state index in [4.69, 9.17) is 5.10 Å². The predicted octanol–water partition coefficient (Wildman–Crippen LogP) is 5.65. The second kappa shape index (κ2) is 6.99. The summed E-state index contributed by atoms with van der Waals surface area (Å²) >= 11 is 0. The molecule has 5 rings (SSSR count). The number of hydrogen-bond acceptors (Lipinski definition) is 3. The molecule has 0 spiro atoms. The molecule has 4 heteroatoms. The zero-order valence-corrected chi connectivity index (χ0v) is 16.5. The topological polar surface area (TPSA) is 34.6 Å². The first kappa shape index (κ1) is 17.3. The molecule has 0 saturated carbocycles. The van der Waals surface area contributed by atoms with Gasteiger partial charge in [-0.2, -0.15) is 5.10 Å². The van der Waals surface area contributed by atoms with Gasteiger partial charge in [0.2, 0.25) is 0 Å². The highest BCUT2D eigenvalue weighted by Crippen LogP contribution is 2.39. The van der Waals surface area contributed by atoms with E-state index < -0.39 is 0 Å². The lowest BCUT2D eigenvalue weighted by Crippen LogP contribution is -2.14. The van der Waals surface area contributed by atoms with Gasteiger partial charge in [-0.15, -0.1) is 0 Å². The third kappa shape index (κ3) is 2.99. The minimum Gasteiger partial charge on any atom is -0.378 e. The van der Waals surface area contributed by atoms with Crippen molar-refractivity contribution in [2.24, 2.45) is 5.10 Å². The van der Waals surface area contributed by atoms with Crippen molar-refractivity contribution in [2.75, 3.05) is 24.0 Å². The summed E-state index contributed by atoms with van der Waals surface area (Å²) in [6.07, 6.45) is 1.92. The SMILES string of the molecule is CN(C)c1ccc2c(c1)C(=NN(c1ccccc1)c1ccc[nH]1)c1ccccc1-2. The molecule has 0 radical (unpaired) electrons. The Hall–Kier alpha value is -3.79. The molecule has 0 bridgehead atoms. The molecule has 0 fully saturated rings. The van der Waals surface area contributed by atoms with Crippen LogP contribution in [0.5, 0.6) is 0 Å². The number of benzene rings is 3. The van der Waals surface area contributed by atoms with Crippen LogP contribution < -0.4 is 9.91 Å². The van der Waals surface area contributed by atoms with Gasteiger partial charge < -0.3 is 9.88 Å². The van der Waals surface area contributed by atoms with Gasteiger partial charge in [0.25, 0.3) is 0 Å². The first-order valence-electron chi connectivity index (χ1n) is 9.71. The van der Waals surface area contributed by atoms with Crippen LogP contribution in [0.25, 0.3) is 11.1 Å². The molecular weight excluding hydrogens is 356 g/mol. The highest BCUT2D eigenvalue weighted by molar-refractivity contribution is 6.25. The monoisotopic (exact) mass is 378 g/mol. The smallest absolute Gasteiger partial charge is 0.132 e. The summed E-state index contributed by atoms with van der Waals surface area (Å²) in [4.78, 5) is 5.42. The number of aromatic nitrogens is 1. The fraction of sp³-hybridized carbons (Fsp3) is 0.0800. The van der Waals surface area contributed by atoms with E-state index in [0.717, 1.165) is 34.0 Å². The molecule has 0 saturated heterocycles. The van der Waals surface area contributed by atoms with Crippen LogP contribution in [0, 0.1) is 0 Å². The molecule has 1 aliphatic rings. The van der Waals surface area contributed by atoms with Crippen molar-refractivity contribution in [3.05, 3.63) is 102 Å². The third-order valence-corrected chi connectivity index (χ3v) is 5.26. The Kier molecular flexibility index (Phi) is 4.17. The second-order valence-corrected chi connectivity index (χ2v) is 7.32. The number of para-hydroxylation sites is 1. The summed E-state index contributed by atoms with van der Waals surface area (Å²) in [6, 6.07) is 29.4.